The first-order valence-electron chi connectivity index (χ1n) is 17.6. The zero-order valence-electron chi connectivity index (χ0n) is 28.9. The summed E-state index contributed by atoms with van der Waals surface area (Å²) in [5, 5.41) is 0. The molecular formula is C35H72O6. The van der Waals surface area contributed by atoms with Crippen molar-refractivity contribution in [1.29, 1.82) is 0 Å². The van der Waals surface area contributed by atoms with Crippen molar-refractivity contribution in [2.45, 2.75) is 183 Å². The standard InChI is InChI=1S/C35H72O6/c1-9-36-34(37-10-2,38-11-3)31-27-23-19-15-17-21-25-29-33(7,8)30-26-22-18-16-20-24-28-32-35(39-12-4,40-13-5)41-14-6/h9-32H2,1-8H3. The van der Waals surface area contributed by atoms with Crippen LogP contribution in [0.5, 0.6) is 0 Å². The van der Waals surface area contributed by atoms with Gasteiger partial charge in [0.25, 0.3) is 11.9 Å². The lowest BCUT2D eigenvalue weighted by Gasteiger charge is -2.32. The maximum absolute atomic E-state index is 5.84. The van der Waals surface area contributed by atoms with Gasteiger partial charge in [0, 0.05) is 52.5 Å². The zero-order chi connectivity index (χ0) is 30.7. The van der Waals surface area contributed by atoms with Gasteiger partial charge in [-0.05, 0) is 72.6 Å². The smallest absolute Gasteiger partial charge is 0.282 e. The molecule has 0 aromatic carbocycles. The largest absolute Gasteiger partial charge is 0.328 e. The molecule has 248 valence electrons. The van der Waals surface area contributed by atoms with E-state index in [1.165, 1.54) is 89.9 Å². The van der Waals surface area contributed by atoms with Crippen molar-refractivity contribution >= 4 is 0 Å². The van der Waals surface area contributed by atoms with Gasteiger partial charge in [0.2, 0.25) is 0 Å². The van der Waals surface area contributed by atoms with Crippen LogP contribution in [-0.2, 0) is 28.4 Å². The van der Waals surface area contributed by atoms with E-state index in [1.807, 2.05) is 41.5 Å². The minimum atomic E-state index is -0.838. The molecule has 6 heteroatoms. The van der Waals surface area contributed by atoms with E-state index in [-0.39, 0.29) is 0 Å². The summed E-state index contributed by atoms with van der Waals surface area (Å²) in [6.07, 6.45) is 22.3. The third kappa shape index (κ3) is 21.2. The fourth-order valence-corrected chi connectivity index (χ4v) is 5.79. The zero-order valence-corrected chi connectivity index (χ0v) is 28.9. The van der Waals surface area contributed by atoms with Crippen LogP contribution in [0.3, 0.4) is 0 Å². The normalized spacial score (nSPS) is 12.9. The molecule has 0 aliphatic rings. The molecule has 41 heavy (non-hydrogen) atoms. The van der Waals surface area contributed by atoms with E-state index in [2.05, 4.69) is 13.8 Å². The SMILES string of the molecule is CCOC(CCCCCCCCCC(C)(C)CCCCCCCCCC(OCC)(OCC)OCC)(OCC)OCC. The predicted molar refractivity (Wildman–Crippen MR) is 172 cm³/mol. The molecule has 0 saturated carbocycles. The van der Waals surface area contributed by atoms with Gasteiger partial charge in [-0.3, -0.25) is 0 Å². The number of hydrogen-bond acceptors (Lipinski definition) is 6. The van der Waals surface area contributed by atoms with E-state index in [0.717, 1.165) is 25.7 Å². The lowest BCUT2D eigenvalue weighted by molar-refractivity contribution is -0.380. The van der Waals surface area contributed by atoms with E-state index in [1.54, 1.807) is 0 Å². The monoisotopic (exact) mass is 589 g/mol. The molecule has 0 aromatic heterocycles. The summed E-state index contributed by atoms with van der Waals surface area (Å²) in [7, 11) is 0. The molecule has 0 aliphatic carbocycles. The van der Waals surface area contributed by atoms with Gasteiger partial charge in [-0.15, -0.1) is 0 Å². The van der Waals surface area contributed by atoms with Crippen LogP contribution >= 0.6 is 0 Å². The van der Waals surface area contributed by atoms with Crippen LogP contribution in [0.25, 0.3) is 0 Å². The fourth-order valence-electron chi connectivity index (χ4n) is 5.79. The van der Waals surface area contributed by atoms with E-state index < -0.39 is 11.9 Å². The van der Waals surface area contributed by atoms with Crippen molar-refractivity contribution < 1.29 is 28.4 Å². The predicted octanol–water partition coefficient (Wildman–Crippen LogP) is 10.6. The van der Waals surface area contributed by atoms with Gasteiger partial charge in [-0.2, -0.15) is 0 Å². The van der Waals surface area contributed by atoms with E-state index in [9.17, 15) is 0 Å². The Labute approximate surface area is 256 Å². The van der Waals surface area contributed by atoms with Gasteiger partial charge in [0.05, 0.1) is 0 Å². The van der Waals surface area contributed by atoms with Crippen LogP contribution < -0.4 is 0 Å². The van der Waals surface area contributed by atoms with Crippen molar-refractivity contribution in [3.05, 3.63) is 0 Å². The Balaban J connectivity index is 3.84. The molecule has 0 fully saturated rings. The fraction of sp³-hybridized carbons (Fsp3) is 1.00. The van der Waals surface area contributed by atoms with Crippen LogP contribution in [0.15, 0.2) is 0 Å². The summed E-state index contributed by atoms with van der Waals surface area (Å²) in [5.41, 5.74) is 0.475. The van der Waals surface area contributed by atoms with Gasteiger partial charge >= 0.3 is 0 Å². The molecule has 0 saturated heterocycles. The molecule has 0 heterocycles. The van der Waals surface area contributed by atoms with Crippen LogP contribution in [-0.4, -0.2) is 51.6 Å². The van der Waals surface area contributed by atoms with E-state index in [0.29, 0.717) is 45.1 Å². The van der Waals surface area contributed by atoms with Gasteiger partial charge in [0.15, 0.2) is 0 Å². The van der Waals surface area contributed by atoms with E-state index in [4.69, 9.17) is 28.4 Å². The highest BCUT2D eigenvalue weighted by molar-refractivity contribution is 4.69. The van der Waals surface area contributed by atoms with Crippen molar-refractivity contribution in [2.75, 3.05) is 39.6 Å². The number of ether oxygens (including phenoxy) is 6. The number of hydrogen-bond donors (Lipinski definition) is 0. The third-order valence-corrected chi connectivity index (χ3v) is 7.86. The second kappa shape index (κ2) is 26.2. The second-order valence-corrected chi connectivity index (χ2v) is 12.1. The second-order valence-electron chi connectivity index (χ2n) is 12.1. The van der Waals surface area contributed by atoms with Gasteiger partial charge < -0.3 is 28.4 Å². The molecule has 0 aliphatic heterocycles. The summed E-state index contributed by atoms with van der Waals surface area (Å²) >= 11 is 0. The highest BCUT2D eigenvalue weighted by Gasteiger charge is 2.32. The topological polar surface area (TPSA) is 55.4 Å². The first-order chi connectivity index (χ1) is 19.8. The van der Waals surface area contributed by atoms with Gasteiger partial charge in [-0.25, -0.2) is 0 Å². The molecule has 6 nitrogen and oxygen atoms in total. The molecule has 0 atom stereocenters. The molecular weight excluding hydrogens is 516 g/mol. The Bertz CT molecular complexity index is 473. The average molecular weight is 589 g/mol. The summed E-state index contributed by atoms with van der Waals surface area (Å²) in [6, 6.07) is 0. The molecule has 0 aromatic rings. The average Bonchev–Trinajstić information content (AvgIpc) is 2.92. The first-order valence-corrected chi connectivity index (χ1v) is 17.6. The summed E-state index contributed by atoms with van der Waals surface area (Å²) in [4.78, 5) is 0. The van der Waals surface area contributed by atoms with Crippen molar-refractivity contribution in [2.24, 2.45) is 5.41 Å². The van der Waals surface area contributed by atoms with Crippen LogP contribution in [0.4, 0.5) is 0 Å². The molecule has 0 rings (SSSR count). The first kappa shape index (κ1) is 40.8. The summed E-state index contributed by atoms with van der Waals surface area (Å²) < 4.78 is 35.0. The number of unbranched alkanes of at least 4 members (excludes halogenated alkanes) is 12. The Morgan fingerprint density at radius 1 is 0.293 bits per heavy atom. The molecule has 0 bridgehead atoms. The maximum Gasteiger partial charge on any atom is 0.282 e. The summed E-state index contributed by atoms with van der Waals surface area (Å²) in [5.74, 6) is -1.68. The van der Waals surface area contributed by atoms with Crippen LogP contribution in [0.2, 0.25) is 0 Å². The van der Waals surface area contributed by atoms with E-state index >= 15 is 0 Å². The highest BCUT2D eigenvalue weighted by atomic mass is 16.9. The summed E-state index contributed by atoms with van der Waals surface area (Å²) in [6.45, 7) is 20.6. The Kier molecular flexibility index (Phi) is 26.0. The molecule has 0 radical (unpaired) electrons. The highest BCUT2D eigenvalue weighted by Crippen LogP contribution is 2.31. The quantitative estimate of drug-likeness (QED) is 0.0575. The Hall–Kier alpha value is -0.240. The molecule has 0 N–H and O–H groups in total. The lowest BCUT2D eigenvalue weighted by Crippen LogP contribution is -2.39. The van der Waals surface area contributed by atoms with Gasteiger partial charge in [-0.1, -0.05) is 90.9 Å². The Morgan fingerprint density at radius 3 is 0.707 bits per heavy atom. The minimum Gasteiger partial charge on any atom is -0.328 e. The minimum absolute atomic E-state index is 0.475. The third-order valence-electron chi connectivity index (χ3n) is 7.86. The number of rotatable bonds is 32. The maximum atomic E-state index is 5.84. The van der Waals surface area contributed by atoms with Crippen molar-refractivity contribution in [3.8, 4) is 0 Å². The molecule has 0 spiro atoms. The van der Waals surface area contributed by atoms with Crippen LogP contribution in [0.1, 0.15) is 171 Å². The van der Waals surface area contributed by atoms with Crippen molar-refractivity contribution in [1.82, 2.24) is 0 Å². The van der Waals surface area contributed by atoms with Gasteiger partial charge in [0.1, 0.15) is 0 Å². The molecule has 0 unspecified atom stereocenters. The van der Waals surface area contributed by atoms with Crippen molar-refractivity contribution in [3.63, 3.8) is 0 Å². The molecule has 0 amide bonds. The lowest BCUT2D eigenvalue weighted by atomic mass is 9.82. The Morgan fingerprint density at radius 2 is 0.488 bits per heavy atom. The van der Waals surface area contributed by atoms with Crippen LogP contribution in [0, 0.1) is 5.41 Å².